The van der Waals surface area contributed by atoms with Crippen molar-refractivity contribution < 1.29 is 24.4 Å². The summed E-state index contributed by atoms with van der Waals surface area (Å²) >= 11 is 6.70. The number of benzene rings is 2. The predicted molar refractivity (Wildman–Crippen MR) is 111 cm³/mol. The van der Waals surface area contributed by atoms with Crippen LogP contribution in [-0.2, 0) is 17.6 Å². The number of fused-ring (bicyclic) bond motifs is 1. The monoisotopic (exact) mass is 418 g/mol. The Kier molecular flexibility index (Phi) is 6.30. The third-order valence-electron chi connectivity index (χ3n) is 5.59. The maximum absolute atomic E-state index is 10.3. The van der Waals surface area contributed by atoms with Gasteiger partial charge in [0.25, 0.3) is 0 Å². The Bertz CT molecular complexity index is 851. The lowest BCUT2D eigenvalue weighted by Crippen LogP contribution is -2.33. The Morgan fingerprint density at radius 2 is 2.00 bits per heavy atom. The van der Waals surface area contributed by atoms with Gasteiger partial charge < -0.3 is 24.4 Å². The van der Waals surface area contributed by atoms with Crippen LogP contribution in [0.1, 0.15) is 48.1 Å². The lowest BCUT2D eigenvalue weighted by molar-refractivity contribution is -0.114. The van der Waals surface area contributed by atoms with Crippen molar-refractivity contribution in [2.24, 2.45) is 0 Å². The van der Waals surface area contributed by atoms with Crippen LogP contribution in [0.15, 0.2) is 30.3 Å². The second kappa shape index (κ2) is 8.92. The third kappa shape index (κ3) is 4.38. The first kappa shape index (κ1) is 20.5. The third-order valence-corrected chi connectivity index (χ3v) is 6.00. The van der Waals surface area contributed by atoms with Crippen LogP contribution in [0.3, 0.4) is 0 Å². The molecule has 0 aromatic heterocycles. The maximum Gasteiger partial charge on any atom is 0.141 e. The Morgan fingerprint density at radius 3 is 2.72 bits per heavy atom. The smallest absolute Gasteiger partial charge is 0.141 e. The van der Waals surface area contributed by atoms with Crippen LogP contribution in [0, 0.1) is 0 Å². The molecule has 4 rings (SSSR count). The average molecular weight is 419 g/mol. The molecular formula is C23H27ClO5. The van der Waals surface area contributed by atoms with Crippen LogP contribution in [-0.4, -0.2) is 42.2 Å². The van der Waals surface area contributed by atoms with E-state index in [0.29, 0.717) is 37.5 Å². The summed E-state index contributed by atoms with van der Waals surface area (Å²) in [5.41, 5.74) is 4.16. The first-order chi connectivity index (χ1) is 14.1. The number of aliphatic hydroxyl groups excluding tert-OH is 2. The molecular weight excluding hydrogens is 392 g/mol. The van der Waals surface area contributed by atoms with Crippen molar-refractivity contribution >= 4 is 11.6 Å². The molecule has 0 saturated carbocycles. The van der Waals surface area contributed by atoms with E-state index < -0.39 is 6.10 Å². The topological polar surface area (TPSA) is 68.2 Å². The van der Waals surface area contributed by atoms with Gasteiger partial charge in [0.15, 0.2) is 0 Å². The van der Waals surface area contributed by atoms with Gasteiger partial charge >= 0.3 is 0 Å². The van der Waals surface area contributed by atoms with Gasteiger partial charge in [-0.05, 0) is 42.2 Å². The van der Waals surface area contributed by atoms with Gasteiger partial charge in [0.2, 0.25) is 0 Å². The molecule has 5 nitrogen and oxygen atoms in total. The van der Waals surface area contributed by atoms with Gasteiger partial charge in [-0.15, -0.1) is 0 Å². The molecule has 6 heteroatoms. The van der Waals surface area contributed by atoms with E-state index in [1.807, 2.05) is 31.2 Å². The fraction of sp³-hybridized carbons (Fsp3) is 0.478. The number of hydrogen-bond acceptors (Lipinski definition) is 5. The summed E-state index contributed by atoms with van der Waals surface area (Å²) in [6.45, 7) is 3.09. The van der Waals surface area contributed by atoms with Crippen LogP contribution in [0.25, 0.3) is 0 Å². The normalized spacial score (nSPS) is 23.5. The van der Waals surface area contributed by atoms with E-state index in [2.05, 4.69) is 6.07 Å². The fourth-order valence-electron chi connectivity index (χ4n) is 4.23. The van der Waals surface area contributed by atoms with Crippen molar-refractivity contribution in [1.29, 1.82) is 0 Å². The van der Waals surface area contributed by atoms with E-state index in [1.54, 1.807) is 0 Å². The molecule has 2 aromatic carbocycles. The van der Waals surface area contributed by atoms with Gasteiger partial charge in [-0.25, -0.2) is 0 Å². The van der Waals surface area contributed by atoms with E-state index in [4.69, 9.17) is 25.8 Å². The number of hydrogen-bond donors (Lipinski definition) is 2. The Hall–Kier alpha value is -1.79. The first-order valence-corrected chi connectivity index (χ1v) is 10.6. The molecule has 29 heavy (non-hydrogen) atoms. The molecule has 2 aliphatic rings. The molecule has 0 aliphatic carbocycles. The highest BCUT2D eigenvalue weighted by molar-refractivity contribution is 6.33. The van der Waals surface area contributed by atoms with Crippen LogP contribution in [0.2, 0.25) is 5.02 Å². The quantitative estimate of drug-likeness (QED) is 0.746. The second-order valence-electron chi connectivity index (χ2n) is 7.65. The molecule has 3 atom stereocenters. The molecule has 2 heterocycles. The molecule has 1 saturated heterocycles. The number of halogens is 1. The summed E-state index contributed by atoms with van der Waals surface area (Å²) in [6.07, 6.45) is 1.27. The van der Waals surface area contributed by atoms with Crippen molar-refractivity contribution in [3.63, 3.8) is 0 Å². The summed E-state index contributed by atoms with van der Waals surface area (Å²) in [4.78, 5) is 0. The maximum atomic E-state index is 10.3. The van der Waals surface area contributed by atoms with Crippen LogP contribution in [0.4, 0.5) is 0 Å². The zero-order valence-electron chi connectivity index (χ0n) is 16.6. The van der Waals surface area contributed by atoms with Gasteiger partial charge in [0.05, 0.1) is 43.2 Å². The molecule has 2 aromatic rings. The molecule has 2 N–H and O–H groups in total. The highest BCUT2D eigenvalue weighted by atomic mass is 35.5. The Balaban J connectivity index is 1.65. The SMILES string of the molecule is CCOc1ccc(Cc2cc(C3CC(O)CC(CO)O3)c3c(c2Cl)OCC3)cc1. The van der Waals surface area contributed by atoms with E-state index in [-0.39, 0.29) is 18.8 Å². The van der Waals surface area contributed by atoms with E-state index in [9.17, 15) is 10.2 Å². The number of aliphatic hydroxyl groups is 2. The van der Waals surface area contributed by atoms with Crippen molar-refractivity contribution in [2.45, 2.75) is 50.9 Å². The summed E-state index contributed by atoms with van der Waals surface area (Å²) in [5.74, 6) is 1.58. The summed E-state index contributed by atoms with van der Waals surface area (Å²) in [5, 5.41) is 20.4. The van der Waals surface area contributed by atoms with Gasteiger partial charge in [0.1, 0.15) is 11.5 Å². The molecule has 156 valence electrons. The van der Waals surface area contributed by atoms with Gasteiger partial charge in [-0.1, -0.05) is 29.8 Å². The zero-order valence-corrected chi connectivity index (χ0v) is 17.3. The molecule has 0 radical (unpaired) electrons. The zero-order chi connectivity index (χ0) is 20.4. The van der Waals surface area contributed by atoms with Gasteiger partial charge in [-0.3, -0.25) is 0 Å². The van der Waals surface area contributed by atoms with Gasteiger partial charge in [0, 0.05) is 24.8 Å². The van der Waals surface area contributed by atoms with E-state index in [1.165, 1.54) is 0 Å². The minimum absolute atomic E-state index is 0.0983. The van der Waals surface area contributed by atoms with E-state index in [0.717, 1.165) is 40.2 Å². The lowest BCUT2D eigenvalue weighted by atomic mass is 9.89. The summed E-state index contributed by atoms with van der Waals surface area (Å²) in [7, 11) is 0. The van der Waals surface area contributed by atoms with Crippen LogP contribution < -0.4 is 9.47 Å². The van der Waals surface area contributed by atoms with Crippen molar-refractivity contribution in [3.05, 3.63) is 57.6 Å². The van der Waals surface area contributed by atoms with E-state index >= 15 is 0 Å². The largest absolute Gasteiger partial charge is 0.494 e. The predicted octanol–water partition coefficient (Wildman–Crippen LogP) is 3.84. The summed E-state index contributed by atoms with van der Waals surface area (Å²) < 4.78 is 17.4. The van der Waals surface area contributed by atoms with Crippen molar-refractivity contribution in [2.75, 3.05) is 19.8 Å². The van der Waals surface area contributed by atoms with Crippen molar-refractivity contribution in [1.82, 2.24) is 0 Å². The summed E-state index contributed by atoms with van der Waals surface area (Å²) in [6, 6.07) is 10.1. The average Bonchev–Trinajstić information content (AvgIpc) is 3.21. The molecule has 0 spiro atoms. The molecule has 3 unspecified atom stereocenters. The standard InChI is InChI=1S/C23H27ClO5/c1-2-27-17-5-3-14(4-6-17)9-15-10-20(19-7-8-28-23(19)22(15)24)21-12-16(26)11-18(13-25)29-21/h3-6,10,16,18,21,25-26H,2,7-9,11-13H2,1H3. The molecule has 0 amide bonds. The molecule has 1 fully saturated rings. The number of rotatable bonds is 6. The Morgan fingerprint density at radius 1 is 1.21 bits per heavy atom. The fourth-order valence-corrected chi connectivity index (χ4v) is 4.52. The molecule has 0 bridgehead atoms. The van der Waals surface area contributed by atoms with Crippen LogP contribution in [0.5, 0.6) is 11.5 Å². The highest BCUT2D eigenvalue weighted by Crippen LogP contribution is 2.44. The minimum Gasteiger partial charge on any atom is -0.494 e. The van der Waals surface area contributed by atoms with Gasteiger partial charge in [-0.2, -0.15) is 0 Å². The van der Waals surface area contributed by atoms with Crippen LogP contribution >= 0.6 is 11.6 Å². The minimum atomic E-state index is -0.492. The second-order valence-corrected chi connectivity index (χ2v) is 8.03. The molecule has 2 aliphatic heterocycles. The lowest BCUT2D eigenvalue weighted by Gasteiger charge is -2.33. The Labute approximate surface area is 176 Å². The number of ether oxygens (including phenoxy) is 3. The first-order valence-electron chi connectivity index (χ1n) is 10.2. The van der Waals surface area contributed by atoms with Crippen molar-refractivity contribution in [3.8, 4) is 11.5 Å². The highest BCUT2D eigenvalue weighted by Gasteiger charge is 2.33.